The maximum atomic E-state index is 11.1. The summed E-state index contributed by atoms with van der Waals surface area (Å²) in [6, 6.07) is 13.8. The fourth-order valence-electron chi connectivity index (χ4n) is 2.49. The molecule has 0 saturated carbocycles. The number of nitro benzene ring substituents is 1. The fraction of sp³-hybridized carbons (Fsp3) is 0.294. The largest absolute Gasteiger partial charge is 0.378 e. The number of hydrogen-bond donors (Lipinski definition) is 1. The van der Waals surface area contributed by atoms with Crippen LogP contribution in [0.1, 0.15) is 36.1 Å². The SMILES string of the molecule is CCC(Nc1cc([N+](=O)[O-])c(C)cc1C)c1ccccc1. The normalized spacial score (nSPS) is 12.0. The molecule has 0 heterocycles. The van der Waals surface area contributed by atoms with Gasteiger partial charge in [-0.2, -0.15) is 0 Å². The lowest BCUT2D eigenvalue weighted by atomic mass is 10.0. The Labute approximate surface area is 125 Å². The number of hydrogen-bond acceptors (Lipinski definition) is 3. The molecule has 2 aromatic rings. The molecule has 0 radical (unpaired) electrons. The van der Waals surface area contributed by atoms with E-state index in [0.717, 1.165) is 17.7 Å². The van der Waals surface area contributed by atoms with Gasteiger partial charge in [-0.15, -0.1) is 0 Å². The van der Waals surface area contributed by atoms with Crippen molar-refractivity contribution in [3.05, 3.63) is 69.3 Å². The summed E-state index contributed by atoms with van der Waals surface area (Å²) >= 11 is 0. The number of benzene rings is 2. The lowest BCUT2D eigenvalue weighted by Crippen LogP contribution is -2.11. The van der Waals surface area contributed by atoms with Crippen molar-refractivity contribution >= 4 is 11.4 Å². The summed E-state index contributed by atoms with van der Waals surface area (Å²) in [6.07, 6.45) is 0.908. The minimum Gasteiger partial charge on any atom is -0.378 e. The van der Waals surface area contributed by atoms with Crippen molar-refractivity contribution in [2.24, 2.45) is 0 Å². The molecule has 0 aliphatic carbocycles. The lowest BCUT2D eigenvalue weighted by Gasteiger charge is -2.20. The summed E-state index contributed by atoms with van der Waals surface area (Å²) in [7, 11) is 0. The molecular formula is C17H20N2O2. The maximum absolute atomic E-state index is 11.1. The molecule has 0 aliphatic rings. The average Bonchev–Trinajstić information content (AvgIpc) is 2.47. The molecule has 1 atom stereocenters. The molecule has 4 heteroatoms. The van der Waals surface area contributed by atoms with E-state index in [1.54, 1.807) is 13.0 Å². The van der Waals surface area contributed by atoms with Gasteiger partial charge in [0.25, 0.3) is 5.69 Å². The smallest absolute Gasteiger partial charge is 0.274 e. The summed E-state index contributed by atoms with van der Waals surface area (Å²) < 4.78 is 0. The molecule has 0 fully saturated rings. The van der Waals surface area contributed by atoms with Gasteiger partial charge in [0.1, 0.15) is 0 Å². The van der Waals surface area contributed by atoms with Gasteiger partial charge < -0.3 is 5.32 Å². The summed E-state index contributed by atoms with van der Waals surface area (Å²) in [4.78, 5) is 10.8. The second-order valence-corrected chi connectivity index (χ2v) is 5.23. The second kappa shape index (κ2) is 6.39. The van der Waals surface area contributed by atoms with Gasteiger partial charge in [0.05, 0.1) is 11.0 Å². The van der Waals surface area contributed by atoms with Crippen LogP contribution in [0.3, 0.4) is 0 Å². The van der Waals surface area contributed by atoms with E-state index < -0.39 is 0 Å². The zero-order valence-corrected chi connectivity index (χ0v) is 12.6. The van der Waals surface area contributed by atoms with E-state index in [1.165, 1.54) is 5.56 Å². The van der Waals surface area contributed by atoms with E-state index in [9.17, 15) is 10.1 Å². The van der Waals surface area contributed by atoms with Gasteiger partial charge >= 0.3 is 0 Å². The molecule has 110 valence electrons. The molecule has 0 aromatic heterocycles. The Morgan fingerprint density at radius 3 is 2.38 bits per heavy atom. The zero-order valence-electron chi connectivity index (χ0n) is 12.6. The third-order valence-electron chi connectivity index (χ3n) is 3.68. The van der Waals surface area contributed by atoms with Crippen LogP contribution < -0.4 is 5.32 Å². The molecule has 0 spiro atoms. The Hall–Kier alpha value is -2.36. The molecule has 0 bridgehead atoms. The van der Waals surface area contributed by atoms with Crippen LogP contribution in [0, 0.1) is 24.0 Å². The molecule has 0 saturated heterocycles. The molecule has 4 nitrogen and oxygen atoms in total. The van der Waals surface area contributed by atoms with Crippen LogP contribution in [-0.4, -0.2) is 4.92 Å². The van der Waals surface area contributed by atoms with Gasteiger partial charge in [-0.25, -0.2) is 0 Å². The molecule has 2 rings (SSSR count). The van der Waals surface area contributed by atoms with Crippen LogP contribution in [0.15, 0.2) is 42.5 Å². The molecular weight excluding hydrogens is 264 g/mol. The Kier molecular flexibility index (Phi) is 4.58. The first kappa shape index (κ1) is 15.0. The topological polar surface area (TPSA) is 55.2 Å². The van der Waals surface area contributed by atoms with Gasteiger partial charge in [0.15, 0.2) is 0 Å². The third-order valence-corrected chi connectivity index (χ3v) is 3.68. The lowest BCUT2D eigenvalue weighted by molar-refractivity contribution is -0.385. The number of aryl methyl sites for hydroxylation is 2. The first-order chi connectivity index (χ1) is 10.0. The van der Waals surface area contributed by atoms with Gasteiger partial charge in [-0.05, 0) is 37.5 Å². The van der Waals surface area contributed by atoms with Gasteiger partial charge in [0, 0.05) is 17.3 Å². The van der Waals surface area contributed by atoms with Gasteiger partial charge in [-0.1, -0.05) is 37.3 Å². The quantitative estimate of drug-likeness (QED) is 0.635. The molecule has 0 amide bonds. The third kappa shape index (κ3) is 3.40. The number of nitrogens with zero attached hydrogens (tertiary/aromatic N) is 1. The highest BCUT2D eigenvalue weighted by molar-refractivity contribution is 5.60. The minimum absolute atomic E-state index is 0.146. The van der Waals surface area contributed by atoms with Crippen LogP contribution in [0.2, 0.25) is 0 Å². The molecule has 21 heavy (non-hydrogen) atoms. The van der Waals surface area contributed by atoms with Crippen LogP contribution >= 0.6 is 0 Å². The minimum atomic E-state index is -0.330. The fourth-order valence-corrected chi connectivity index (χ4v) is 2.49. The van der Waals surface area contributed by atoms with E-state index in [1.807, 2.05) is 31.2 Å². The highest BCUT2D eigenvalue weighted by Crippen LogP contribution is 2.30. The van der Waals surface area contributed by atoms with E-state index in [2.05, 4.69) is 24.4 Å². The van der Waals surface area contributed by atoms with Crippen molar-refractivity contribution in [3.8, 4) is 0 Å². The zero-order chi connectivity index (χ0) is 15.4. The van der Waals surface area contributed by atoms with Gasteiger partial charge in [0.2, 0.25) is 0 Å². The molecule has 2 aromatic carbocycles. The maximum Gasteiger partial charge on any atom is 0.274 e. The highest BCUT2D eigenvalue weighted by Gasteiger charge is 2.16. The van der Waals surface area contributed by atoms with Crippen molar-refractivity contribution in [2.75, 3.05) is 5.32 Å². The first-order valence-electron chi connectivity index (χ1n) is 7.10. The van der Waals surface area contributed by atoms with Gasteiger partial charge in [-0.3, -0.25) is 10.1 Å². The molecule has 1 unspecified atom stereocenters. The Bertz CT molecular complexity index is 639. The Balaban J connectivity index is 2.34. The van der Waals surface area contributed by atoms with E-state index in [0.29, 0.717) is 5.56 Å². The number of anilines is 1. The summed E-state index contributed by atoms with van der Waals surface area (Å²) in [6.45, 7) is 5.84. The summed E-state index contributed by atoms with van der Waals surface area (Å²) in [5.74, 6) is 0. The van der Waals surface area contributed by atoms with Crippen LogP contribution in [0.5, 0.6) is 0 Å². The van der Waals surface area contributed by atoms with Crippen molar-refractivity contribution in [2.45, 2.75) is 33.2 Å². The van der Waals surface area contributed by atoms with E-state index in [4.69, 9.17) is 0 Å². The average molecular weight is 284 g/mol. The van der Waals surface area contributed by atoms with Crippen molar-refractivity contribution < 1.29 is 4.92 Å². The number of nitro groups is 1. The Morgan fingerprint density at radius 1 is 1.14 bits per heavy atom. The number of rotatable bonds is 5. The Morgan fingerprint density at radius 2 is 1.81 bits per heavy atom. The number of nitrogens with one attached hydrogen (secondary N) is 1. The van der Waals surface area contributed by atoms with E-state index in [-0.39, 0.29) is 16.7 Å². The van der Waals surface area contributed by atoms with Crippen LogP contribution in [-0.2, 0) is 0 Å². The van der Waals surface area contributed by atoms with Crippen molar-refractivity contribution in [1.82, 2.24) is 0 Å². The van der Waals surface area contributed by atoms with E-state index >= 15 is 0 Å². The first-order valence-corrected chi connectivity index (χ1v) is 7.10. The molecule has 1 N–H and O–H groups in total. The predicted octanol–water partition coefficient (Wildman–Crippen LogP) is 4.77. The second-order valence-electron chi connectivity index (χ2n) is 5.23. The standard InChI is InChI=1S/C17H20N2O2/c1-4-15(14-8-6-5-7-9-14)18-16-11-17(19(20)21)13(3)10-12(16)2/h5-11,15,18H,4H2,1-3H3. The van der Waals surface area contributed by atoms with Crippen molar-refractivity contribution in [3.63, 3.8) is 0 Å². The molecule has 0 aliphatic heterocycles. The highest BCUT2D eigenvalue weighted by atomic mass is 16.6. The summed E-state index contributed by atoms with van der Waals surface area (Å²) in [5.41, 5.74) is 3.87. The monoisotopic (exact) mass is 284 g/mol. The predicted molar refractivity (Wildman–Crippen MR) is 85.7 cm³/mol. The summed E-state index contributed by atoms with van der Waals surface area (Å²) in [5, 5.41) is 14.5. The van der Waals surface area contributed by atoms with Crippen LogP contribution in [0.25, 0.3) is 0 Å². The van der Waals surface area contributed by atoms with Crippen molar-refractivity contribution in [1.29, 1.82) is 0 Å². The van der Waals surface area contributed by atoms with Crippen LogP contribution in [0.4, 0.5) is 11.4 Å².